The second-order valence-electron chi connectivity index (χ2n) is 6.42. The molecule has 0 saturated heterocycles. The van der Waals surface area contributed by atoms with Crippen molar-refractivity contribution >= 4 is 33.4 Å². The zero-order valence-corrected chi connectivity index (χ0v) is 16.2. The van der Waals surface area contributed by atoms with Gasteiger partial charge in [-0.2, -0.15) is 0 Å². The predicted octanol–water partition coefficient (Wildman–Crippen LogP) is 2.77. The normalized spacial score (nSPS) is 11.0. The molecule has 0 spiro atoms. The average molecular weight is 393 g/mol. The molecule has 140 valence electrons. The third kappa shape index (κ3) is 2.81. The highest BCUT2D eigenvalue weighted by Gasteiger charge is 2.19. The van der Waals surface area contributed by atoms with Crippen LogP contribution in [0.4, 0.5) is 0 Å². The lowest BCUT2D eigenvalue weighted by Gasteiger charge is -2.14. The lowest BCUT2D eigenvalue weighted by molar-refractivity contribution is 0.503. The largest absolute Gasteiger partial charge is 0.298 e. The lowest BCUT2D eigenvalue weighted by atomic mass is 10.0. The molecule has 0 atom stereocenters. The minimum atomic E-state index is -0.375. The van der Waals surface area contributed by atoms with Crippen molar-refractivity contribution in [3.05, 3.63) is 74.0 Å². The van der Waals surface area contributed by atoms with Gasteiger partial charge in [-0.25, -0.2) is 14.3 Å². The first-order chi connectivity index (χ1) is 13.5. The molecule has 2 heterocycles. The van der Waals surface area contributed by atoms with E-state index in [9.17, 15) is 9.59 Å². The van der Waals surface area contributed by atoms with Crippen LogP contribution in [0.3, 0.4) is 0 Å². The van der Waals surface area contributed by atoms with Gasteiger partial charge in [0, 0.05) is 7.05 Å². The van der Waals surface area contributed by atoms with E-state index in [2.05, 4.69) is 16.8 Å². The van der Waals surface area contributed by atoms with Gasteiger partial charge in [-0.3, -0.25) is 14.2 Å². The third-order valence-corrected chi connectivity index (χ3v) is 5.12. The Kier molecular flexibility index (Phi) is 4.54. The Labute approximate surface area is 165 Å². The SMILES string of the molecule is CC#CCn1c(Cl)nc2c(=O)n(C)n(Cc3cccc4ccccc34)c(=O)c21. The summed E-state index contributed by atoms with van der Waals surface area (Å²) in [6, 6.07) is 13.9. The number of imidazole rings is 1. The maximum atomic E-state index is 13.3. The van der Waals surface area contributed by atoms with Gasteiger partial charge in [0.2, 0.25) is 5.28 Å². The van der Waals surface area contributed by atoms with Crippen LogP contribution >= 0.6 is 11.6 Å². The molecule has 6 nitrogen and oxygen atoms in total. The Balaban J connectivity index is 1.98. The van der Waals surface area contributed by atoms with Gasteiger partial charge in [0.15, 0.2) is 5.52 Å². The van der Waals surface area contributed by atoms with Crippen LogP contribution < -0.4 is 11.1 Å². The summed E-state index contributed by atoms with van der Waals surface area (Å²) in [5.41, 5.74) is 0.475. The Morgan fingerprint density at radius 2 is 1.82 bits per heavy atom. The van der Waals surface area contributed by atoms with E-state index < -0.39 is 0 Å². The molecular formula is C21H17ClN4O2. The number of aromatic nitrogens is 4. The van der Waals surface area contributed by atoms with Gasteiger partial charge in [-0.1, -0.05) is 48.4 Å². The van der Waals surface area contributed by atoms with Crippen molar-refractivity contribution in [1.82, 2.24) is 18.9 Å². The summed E-state index contributed by atoms with van der Waals surface area (Å²) < 4.78 is 4.20. The summed E-state index contributed by atoms with van der Waals surface area (Å²) in [6.45, 7) is 2.15. The van der Waals surface area contributed by atoms with E-state index >= 15 is 0 Å². The van der Waals surface area contributed by atoms with Gasteiger partial charge in [0.05, 0.1) is 13.1 Å². The zero-order valence-electron chi connectivity index (χ0n) is 15.4. The molecule has 28 heavy (non-hydrogen) atoms. The van der Waals surface area contributed by atoms with Crippen LogP contribution in [0, 0.1) is 11.8 Å². The summed E-state index contributed by atoms with van der Waals surface area (Å²) in [5.74, 6) is 5.64. The number of hydrogen-bond donors (Lipinski definition) is 0. The maximum absolute atomic E-state index is 13.3. The topological polar surface area (TPSA) is 61.8 Å². The second kappa shape index (κ2) is 7.02. The number of halogens is 1. The van der Waals surface area contributed by atoms with Gasteiger partial charge in [0.25, 0.3) is 11.1 Å². The molecule has 0 amide bonds. The number of hydrogen-bond acceptors (Lipinski definition) is 3. The highest BCUT2D eigenvalue weighted by molar-refractivity contribution is 6.29. The molecule has 0 saturated carbocycles. The van der Waals surface area contributed by atoms with Crippen LogP contribution in [0.15, 0.2) is 52.1 Å². The van der Waals surface area contributed by atoms with E-state index in [4.69, 9.17) is 11.6 Å². The fourth-order valence-corrected chi connectivity index (χ4v) is 3.61. The van der Waals surface area contributed by atoms with Gasteiger partial charge in [-0.15, -0.1) is 5.92 Å². The maximum Gasteiger partial charge on any atom is 0.293 e. The van der Waals surface area contributed by atoms with Crippen LogP contribution in [-0.2, 0) is 20.1 Å². The number of fused-ring (bicyclic) bond motifs is 2. The van der Waals surface area contributed by atoms with Gasteiger partial charge in [-0.05, 0) is 34.9 Å². The summed E-state index contributed by atoms with van der Waals surface area (Å²) in [7, 11) is 1.56. The van der Waals surface area contributed by atoms with Gasteiger partial charge >= 0.3 is 0 Å². The summed E-state index contributed by atoms with van der Waals surface area (Å²) in [4.78, 5) is 30.2. The Morgan fingerprint density at radius 3 is 2.61 bits per heavy atom. The van der Waals surface area contributed by atoms with Crippen LogP contribution in [0.1, 0.15) is 12.5 Å². The minimum absolute atomic E-state index is 0.0598. The monoisotopic (exact) mass is 392 g/mol. The summed E-state index contributed by atoms with van der Waals surface area (Å²) in [6.07, 6.45) is 0. The quantitative estimate of drug-likeness (QED) is 0.504. The number of rotatable bonds is 3. The second-order valence-corrected chi connectivity index (χ2v) is 6.76. The number of benzene rings is 2. The van der Waals surface area contributed by atoms with Crippen molar-refractivity contribution in [2.75, 3.05) is 0 Å². The Bertz CT molecular complexity index is 1390. The molecule has 0 unspecified atom stereocenters. The van der Waals surface area contributed by atoms with Crippen molar-refractivity contribution in [2.45, 2.75) is 20.0 Å². The third-order valence-electron chi connectivity index (χ3n) is 4.83. The summed E-state index contributed by atoms with van der Waals surface area (Å²) in [5, 5.41) is 2.19. The first-order valence-corrected chi connectivity index (χ1v) is 9.12. The first kappa shape index (κ1) is 18.1. The lowest BCUT2D eigenvalue weighted by Crippen LogP contribution is -2.38. The molecule has 0 aliphatic heterocycles. The van der Waals surface area contributed by atoms with Crippen LogP contribution in [0.25, 0.3) is 21.8 Å². The molecule has 2 aromatic heterocycles. The average Bonchev–Trinajstić information content (AvgIpc) is 3.04. The Hall–Kier alpha value is -3.30. The van der Waals surface area contributed by atoms with Crippen molar-refractivity contribution in [2.24, 2.45) is 7.05 Å². The molecule has 7 heteroatoms. The highest BCUT2D eigenvalue weighted by Crippen LogP contribution is 2.19. The van der Waals surface area contributed by atoms with Crippen LogP contribution in [-0.4, -0.2) is 18.9 Å². The van der Waals surface area contributed by atoms with Gasteiger partial charge < -0.3 is 0 Å². The molecule has 4 rings (SSSR count). The molecule has 0 aliphatic carbocycles. The molecule has 0 radical (unpaired) electrons. The number of nitrogens with zero attached hydrogens (tertiary/aromatic N) is 4. The van der Waals surface area contributed by atoms with Crippen molar-refractivity contribution < 1.29 is 0 Å². The standard InChI is InChI=1S/C21H17ClN4O2/c1-3-4-12-25-18-17(23-21(25)22)19(27)24(2)26(20(18)28)13-15-10-7-9-14-8-5-6-11-16(14)15/h5-11H,12-13H2,1-2H3. The molecule has 0 bridgehead atoms. The van der Waals surface area contributed by atoms with E-state index in [0.717, 1.165) is 16.3 Å². The first-order valence-electron chi connectivity index (χ1n) is 8.75. The van der Waals surface area contributed by atoms with E-state index in [1.54, 1.807) is 14.0 Å². The fourth-order valence-electron chi connectivity index (χ4n) is 3.38. The Morgan fingerprint density at radius 1 is 1.07 bits per heavy atom. The van der Waals surface area contributed by atoms with E-state index in [1.165, 1.54) is 13.9 Å². The molecule has 2 aromatic carbocycles. The van der Waals surface area contributed by atoms with Crippen LogP contribution in [0.2, 0.25) is 5.28 Å². The summed E-state index contributed by atoms with van der Waals surface area (Å²) >= 11 is 6.18. The fraction of sp³-hybridized carbons (Fsp3) is 0.190. The smallest absolute Gasteiger partial charge is 0.293 e. The molecular weight excluding hydrogens is 376 g/mol. The zero-order chi connectivity index (χ0) is 19.8. The van der Waals surface area contributed by atoms with Crippen molar-refractivity contribution in [1.29, 1.82) is 0 Å². The highest BCUT2D eigenvalue weighted by atomic mass is 35.5. The van der Waals surface area contributed by atoms with Crippen LogP contribution in [0.5, 0.6) is 0 Å². The molecule has 0 fully saturated rings. The molecule has 4 aromatic rings. The molecule has 0 N–H and O–H groups in total. The van der Waals surface area contributed by atoms with E-state index in [0.29, 0.717) is 0 Å². The predicted molar refractivity (Wildman–Crippen MR) is 111 cm³/mol. The van der Waals surface area contributed by atoms with E-state index in [-0.39, 0.29) is 40.5 Å². The van der Waals surface area contributed by atoms with Crippen molar-refractivity contribution in [3.63, 3.8) is 0 Å². The molecule has 0 aliphatic rings. The van der Waals surface area contributed by atoms with Crippen molar-refractivity contribution in [3.8, 4) is 11.8 Å². The van der Waals surface area contributed by atoms with Gasteiger partial charge in [0.1, 0.15) is 5.52 Å². The van der Waals surface area contributed by atoms with E-state index in [1.807, 2.05) is 42.5 Å². The minimum Gasteiger partial charge on any atom is -0.298 e.